The molecular formula is C16H15BrClNOS. The first-order valence-electron chi connectivity index (χ1n) is 6.45. The van der Waals surface area contributed by atoms with E-state index in [0.717, 1.165) is 20.6 Å². The van der Waals surface area contributed by atoms with E-state index in [-0.39, 0.29) is 11.2 Å². The van der Waals surface area contributed by atoms with Crippen molar-refractivity contribution < 1.29 is 4.79 Å². The van der Waals surface area contributed by atoms with Gasteiger partial charge in [0.15, 0.2) is 0 Å². The number of rotatable bonds is 4. The summed E-state index contributed by atoms with van der Waals surface area (Å²) in [6, 6.07) is 13.2. The molecular weight excluding hydrogens is 370 g/mol. The second-order valence-electron chi connectivity index (χ2n) is 4.67. The molecule has 1 N–H and O–H groups in total. The zero-order valence-electron chi connectivity index (χ0n) is 11.7. The monoisotopic (exact) mass is 383 g/mol. The van der Waals surface area contributed by atoms with E-state index < -0.39 is 0 Å². The number of benzene rings is 2. The Hall–Kier alpha value is -0.970. The normalized spacial score (nSPS) is 12.0. The van der Waals surface area contributed by atoms with E-state index in [1.165, 1.54) is 11.8 Å². The number of thioether (sulfide) groups is 1. The fraction of sp³-hybridized carbons (Fsp3) is 0.188. The Kier molecular flexibility index (Phi) is 5.73. The second kappa shape index (κ2) is 7.34. The molecule has 0 aliphatic heterocycles. The van der Waals surface area contributed by atoms with Gasteiger partial charge in [-0.3, -0.25) is 4.79 Å². The van der Waals surface area contributed by atoms with Crippen LogP contribution in [0.5, 0.6) is 0 Å². The van der Waals surface area contributed by atoms with Gasteiger partial charge in [0.2, 0.25) is 5.91 Å². The van der Waals surface area contributed by atoms with Gasteiger partial charge in [-0.15, -0.1) is 11.8 Å². The van der Waals surface area contributed by atoms with Gasteiger partial charge in [0.25, 0.3) is 0 Å². The van der Waals surface area contributed by atoms with Crippen LogP contribution in [0.2, 0.25) is 5.02 Å². The maximum atomic E-state index is 12.2. The van der Waals surface area contributed by atoms with Gasteiger partial charge in [-0.2, -0.15) is 0 Å². The first-order chi connectivity index (χ1) is 9.95. The van der Waals surface area contributed by atoms with Crippen LogP contribution in [0.15, 0.2) is 51.8 Å². The van der Waals surface area contributed by atoms with Gasteiger partial charge in [-0.05, 0) is 61.9 Å². The molecule has 0 fully saturated rings. The van der Waals surface area contributed by atoms with Crippen molar-refractivity contribution >= 4 is 50.9 Å². The van der Waals surface area contributed by atoms with Crippen LogP contribution in [0.4, 0.5) is 5.69 Å². The van der Waals surface area contributed by atoms with Crippen molar-refractivity contribution in [3.8, 4) is 0 Å². The highest BCUT2D eigenvalue weighted by atomic mass is 79.9. The number of amides is 1. The van der Waals surface area contributed by atoms with Gasteiger partial charge in [0, 0.05) is 20.1 Å². The molecule has 0 aliphatic rings. The van der Waals surface area contributed by atoms with Crippen molar-refractivity contribution in [2.45, 2.75) is 24.0 Å². The molecule has 2 aromatic rings. The van der Waals surface area contributed by atoms with Crippen LogP contribution in [0.25, 0.3) is 0 Å². The van der Waals surface area contributed by atoms with Gasteiger partial charge < -0.3 is 5.32 Å². The molecule has 0 aromatic heterocycles. The van der Waals surface area contributed by atoms with Crippen LogP contribution in [0.1, 0.15) is 12.5 Å². The molecule has 110 valence electrons. The minimum Gasteiger partial charge on any atom is -0.325 e. The van der Waals surface area contributed by atoms with E-state index in [1.807, 2.05) is 56.3 Å². The SMILES string of the molecule is Cc1cc(NC(=O)[C@@H](C)Sc2ccc(Cl)cc2)ccc1Br. The molecule has 0 radical (unpaired) electrons. The molecule has 0 saturated heterocycles. The molecule has 0 heterocycles. The third kappa shape index (κ3) is 4.77. The molecule has 2 rings (SSSR count). The zero-order valence-corrected chi connectivity index (χ0v) is 14.8. The number of halogens is 2. The Morgan fingerprint density at radius 1 is 1.24 bits per heavy atom. The Morgan fingerprint density at radius 3 is 2.52 bits per heavy atom. The summed E-state index contributed by atoms with van der Waals surface area (Å²) in [5.41, 5.74) is 1.90. The molecule has 0 bridgehead atoms. The summed E-state index contributed by atoms with van der Waals surface area (Å²) in [4.78, 5) is 13.2. The third-order valence-electron chi connectivity index (χ3n) is 2.92. The molecule has 2 nitrogen and oxygen atoms in total. The maximum absolute atomic E-state index is 12.2. The summed E-state index contributed by atoms with van der Waals surface area (Å²) < 4.78 is 1.03. The van der Waals surface area contributed by atoms with Gasteiger partial charge in [0.1, 0.15) is 0 Å². The Labute approximate surface area is 142 Å². The average Bonchev–Trinajstić information content (AvgIpc) is 2.45. The van der Waals surface area contributed by atoms with Crippen LogP contribution < -0.4 is 5.32 Å². The van der Waals surface area contributed by atoms with E-state index in [9.17, 15) is 4.79 Å². The molecule has 0 aliphatic carbocycles. The Morgan fingerprint density at radius 2 is 1.90 bits per heavy atom. The molecule has 5 heteroatoms. The van der Waals surface area contributed by atoms with Crippen molar-refractivity contribution in [3.63, 3.8) is 0 Å². The van der Waals surface area contributed by atoms with Crippen LogP contribution >= 0.6 is 39.3 Å². The largest absolute Gasteiger partial charge is 0.325 e. The number of carbonyl (C=O) groups excluding carboxylic acids is 1. The number of nitrogens with one attached hydrogen (secondary N) is 1. The fourth-order valence-corrected chi connectivity index (χ4v) is 2.98. The number of hydrogen-bond acceptors (Lipinski definition) is 2. The lowest BCUT2D eigenvalue weighted by Crippen LogP contribution is -2.22. The molecule has 0 saturated carbocycles. The highest BCUT2D eigenvalue weighted by molar-refractivity contribution is 9.10. The van der Waals surface area contributed by atoms with Crippen molar-refractivity contribution in [2.75, 3.05) is 5.32 Å². The minimum atomic E-state index is -0.185. The van der Waals surface area contributed by atoms with E-state index in [2.05, 4.69) is 21.2 Å². The van der Waals surface area contributed by atoms with Crippen molar-refractivity contribution in [1.29, 1.82) is 0 Å². The fourth-order valence-electron chi connectivity index (χ4n) is 1.74. The average molecular weight is 385 g/mol. The highest BCUT2D eigenvalue weighted by Crippen LogP contribution is 2.26. The van der Waals surface area contributed by atoms with Crippen LogP contribution in [0.3, 0.4) is 0 Å². The zero-order chi connectivity index (χ0) is 15.4. The molecule has 0 spiro atoms. The van der Waals surface area contributed by atoms with E-state index in [0.29, 0.717) is 5.02 Å². The third-order valence-corrected chi connectivity index (χ3v) is 5.17. The summed E-state index contributed by atoms with van der Waals surface area (Å²) in [6.45, 7) is 3.88. The molecule has 0 unspecified atom stereocenters. The first kappa shape index (κ1) is 16.4. The maximum Gasteiger partial charge on any atom is 0.237 e. The van der Waals surface area contributed by atoms with Crippen molar-refractivity contribution in [3.05, 3.63) is 57.5 Å². The van der Waals surface area contributed by atoms with Crippen molar-refractivity contribution in [2.24, 2.45) is 0 Å². The number of anilines is 1. The summed E-state index contributed by atoms with van der Waals surface area (Å²) in [7, 11) is 0. The van der Waals surface area contributed by atoms with Gasteiger partial charge in [-0.1, -0.05) is 27.5 Å². The lowest BCUT2D eigenvalue weighted by molar-refractivity contribution is -0.115. The van der Waals surface area contributed by atoms with Gasteiger partial charge in [0.05, 0.1) is 5.25 Å². The molecule has 1 amide bonds. The first-order valence-corrected chi connectivity index (χ1v) is 8.50. The number of carbonyl (C=O) groups is 1. The lowest BCUT2D eigenvalue weighted by Gasteiger charge is -2.13. The molecule has 21 heavy (non-hydrogen) atoms. The highest BCUT2D eigenvalue weighted by Gasteiger charge is 2.14. The molecule has 1 atom stereocenters. The van der Waals surface area contributed by atoms with E-state index >= 15 is 0 Å². The summed E-state index contributed by atoms with van der Waals surface area (Å²) in [6.07, 6.45) is 0. The quantitative estimate of drug-likeness (QED) is 0.702. The van der Waals surface area contributed by atoms with E-state index in [4.69, 9.17) is 11.6 Å². The summed E-state index contributed by atoms with van der Waals surface area (Å²) >= 11 is 10.8. The summed E-state index contributed by atoms with van der Waals surface area (Å²) in [5.74, 6) is -0.0170. The molecule has 2 aromatic carbocycles. The lowest BCUT2D eigenvalue weighted by atomic mass is 10.2. The van der Waals surface area contributed by atoms with Gasteiger partial charge in [-0.25, -0.2) is 0 Å². The standard InChI is InChI=1S/C16H15BrClNOS/c1-10-9-13(5-8-15(10)17)19-16(20)11(2)21-14-6-3-12(18)4-7-14/h3-9,11H,1-2H3,(H,19,20)/t11-/m1/s1. The van der Waals surface area contributed by atoms with E-state index in [1.54, 1.807) is 0 Å². The van der Waals surface area contributed by atoms with Gasteiger partial charge >= 0.3 is 0 Å². The number of aryl methyl sites for hydroxylation is 1. The second-order valence-corrected chi connectivity index (χ2v) is 7.37. The Balaban J connectivity index is 1.98. The van der Waals surface area contributed by atoms with Crippen LogP contribution in [0, 0.1) is 6.92 Å². The van der Waals surface area contributed by atoms with Crippen LogP contribution in [-0.2, 0) is 4.79 Å². The smallest absolute Gasteiger partial charge is 0.237 e. The summed E-state index contributed by atoms with van der Waals surface area (Å²) in [5, 5.41) is 3.45. The number of hydrogen-bond donors (Lipinski definition) is 1. The minimum absolute atomic E-state index is 0.0170. The van der Waals surface area contributed by atoms with Crippen LogP contribution in [-0.4, -0.2) is 11.2 Å². The van der Waals surface area contributed by atoms with Crippen molar-refractivity contribution in [1.82, 2.24) is 0 Å². The predicted octanol–water partition coefficient (Wildman–Crippen LogP) is 5.53. The Bertz CT molecular complexity index is 645. The topological polar surface area (TPSA) is 29.1 Å². The predicted molar refractivity (Wildman–Crippen MR) is 94.3 cm³/mol.